The van der Waals surface area contributed by atoms with Gasteiger partial charge in [0, 0.05) is 44.0 Å². The summed E-state index contributed by atoms with van der Waals surface area (Å²) in [4.78, 5) is 17.1. The normalized spacial score (nSPS) is 20.7. The molecule has 2 aromatic rings. The Morgan fingerprint density at radius 1 is 1.06 bits per heavy atom. The molecule has 1 N–H and O–H groups in total. The first-order valence-corrected chi connectivity index (χ1v) is 11.4. The maximum atomic E-state index is 13.2. The van der Waals surface area contributed by atoms with Crippen molar-refractivity contribution in [1.29, 1.82) is 0 Å². The van der Waals surface area contributed by atoms with Gasteiger partial charge in [-0.05, 0) is 61.5 Å². The van der Waals surface area contributed by atoms with Gasteiger partial charge in [0.15, 0.2) is 5.11 Å². The molecule has 2 atom stereocenters. The van der Waals surface area contributed by atoms with Crippen LogP contribution in [0.5, 0.6) is 0 Å². The summed E-state index contributed by atoms with van der Waals surface area (Å²) in [5.41, 5.74) is 1.39. The summed E-state index contributed by atoms with van der Waals surface area (Å²) in [6, 6.07) is 15.4. The second kappa shape index (κ2) is 10.8. The Kier molecular flexibility index (Phi) is 7.68. The number of benzene rings is 2. The molecule has 2 aromatic carbocycles. The van der Waals surface area contributed by atoms with Crippen LogP contribution in [0.15, 0.2) is 54.6 Å². The second-order valence-corrected chi connectivity index (χ2v) is 8.47. The minimum absolute atomic E-state index is 0.0196. The van der Waals surface area contributed by atoms with Crippen LogP contribution in [0.4, 0.5) is 10.1 Å². The van der Waals surface area contributed by atoms with Gasteiger partial charge >= 0.3 is 0 Å². The van der Waals surface area contributed by atoms with E-state index in [1.54, 1.807) is 12.1 Å². The molecule has 0 saturated carbocycles. The standard InChI is InChI=1S/C24H28FN3O3S/c25-19-8-10-20(11-9-19)26-24(32)27-12-14-31-22(16-27)17-28(15-21-7-4-13-30-21)23(29)18-5-2-1-3-6-18/h1-3,5-6,8-11,21-22H,4,7,12-17H2,(H,26,32). The summed E-state index contributed by atoms with van der Waals surface area (Å²) in [5, 5.41) is 3.71. The fraction of sp³-hybridized carbons (Fsp3) is 0.417. The summed E-state index contributed by atoms with van der Waals surface area (Å²) in [6.07, 6.45) is 1.87. The van der Waals surface area contributed by atoms with E-state index < -0.39 is 0 Å². The first-order chi connectivity index (χ1) is 15.6. The molecule has 2 aliphatic rings. The van der Waals surface area contributed by atoms with Gasteiger partial charge in [-0.25, -0.2) is 4.39 Å². The van der Waals surface area contributed by atoms with E-state index in [9.17, 15) is 9.18 Å². The average molecular weight is 458 g/mol. The van der Waals surface area contributed by atoms with Crippen LogP contribution in [0, 0.1) is 5.82 Å². The highest BCUT2D eigenvalue weighted by Crippen LogP contribution is 2.18. The molecule has 2 heterocycles. The van der Waals surface area contributed by atoms with Crippen molar-refractivity contribution in [1.82, 2.24) is 9.80 Å². The summed E-state index contributed by atoms with van der Waals surface area (Å²) in [5.74, 6) is -0.309. The summed E-state index contributed by atoms with van der Waals surface area (Å²) < 4.78 is 24.9. The lowest BCUT2D eigenvalue weighted by Gasteiger charge is -2.37. The number of rotatable bonds is 6. The number of thiocarbonyl (C=S) groups is 1. The molecule has 8 heteroatoms. The van der Waals surface area contributed by atoms with Gasteiger partial charge in [-0.15, -0.1) is 0 Å². The molecule has 0 aromatic heterocycles. The maximum Gasteiger partial charge on any atom is 0.254 e. The molecule has 32 heavy (non-hydrogen) atoms. The molecule has 0 spiro atoms. The molecule has 1 amide bonds. The Hall–Kier alpha value is -2.55. The number of carbonyl (C=O) groups excluding carboxylic acids is 1. The van der Waals surface area contributed by atoms with Gasteiger partial charge in [-0.3, -0.25) is 4.79 Å². The Balaban J connectivity index is 1.40. The topological polar surface area (TPSA) is 54.0 Å². The predicted octanol–water partition coefficient (Wildman–Crippen LogP) is 3.54. The minimum atomic E-state index is -0.290. The van der Waals surface area contributed by atoms with Crippen LogP contribution in [0.2, 0.25) is 0 Å². The fourth-order valence-corrected chi connectivity index (χ4v) is 4.32. The molecule has 170 valence electrons. The summed E-state index contributed by atoms with van der Waals surface area (Å²) in [6.45, 7) is 3.49. The molecule has 0 aliphatic carbocycles. The van der Waals surface area contributed by atoms with Crippen molar-refractivity contribution in [3.8, 4) is 0 Å². The van der Waals surface area contributed by atoms with Gasteiger partial charge in [0.1, 0.15) is 5.82 Å². The number of nitrogens with one attached hydrogen (secondary N) is 1. The molecular formula is C24H28FN3O3S. The number of hydrogen-bond acceptors (Lipinski definition) is 4. The number of anilines is 1. The Morgan fingerprint density at radius 3 is 2.50 bits per heavy atom. The predicted molar refractivity (Wildman–Crippen MR) is 125 cm³/mol. The van der Waals surface area contributed by atoms with Crippen LogP contribution in [-0.4, -0.2) is 72.4 Å². The Labute approximate surface area is 193 Å². The largest absolute Gasteiger partial charge is 0.376 e. The SMILES string of the molecule is O=C(c1ccccc1)N(CC1CCCO1)CC1CN(C(=S)Nc2ccc(F)cc2)CCO1. The highest BCUT2D eigenvalue weighted by atomic mass is 32.1. The quantitative estimate of drug-likeness (QED) is 0.670. The minimum Gasteiger partial charge on any atom is -0.376 e. The van der Waals surface area contributed by atoms with Crippen LogP contribution in [0.1, 0.15) is 23.2 Å². The number of morpholine rings is 1. The first kappa shape index (κ1) is 22.6. The molecule has 2 unspecified atom stereocenters. The zero-order valence-corrected chi connectivity index (χ0v) is 18.7. The molecule has 0 bridgehead atoms. The molecule has 2 saturated heterocycles. The van der Waals surface area contributed by atoms with Crippen LogP contribution in [-0.2, 0) is 9.47 Å². The third kappa shape index (κ3) is 6.03. The lowest BCUT2D eigenvalue weighted by Crippen LogP contribution is -2.52. The maximum absolute atomic E-state index is 13.2. The fourth-order valence-electron chi connectivity index (χ4n) is 4.03. The van der Waals surface area contributed by atoms with E-state index in [2.05, 4.69) is 5.32 Å². The number of halogens is 1. The Bertz CT molecular complexity index is 906. The van der Waals surface area contributed by atoms with Crippen molar-refractivity contribution in [2.75, 3.05) is 44.7 Å². The van der Waals surface area contributed by atoms with E-state index in [4.69, 9.17) is 21.7 Å². The molecule has 6 nitrogen and oxygen atoms in total. The van der Waals surface area contributed by atoms with Crippen LogP contribution < -0.4 is 5.32 Å². The highest BCUT2D eigenvalue weighted by Gasteiger charge is 2.29. The second-order valence-electron chi connectivity index (χ2n) is 8.09. The number of amides is 1. The third-order valence-electron chi connectivity index (χ3n) is 5.70. The molecule has 2 aliphatic heterocycles. The van der Waals surface area contributed by atoms with Crippen molar-refractivity contribution in [3.05, 3.63) is 66.0 Å². The van der Waals surface area contributed by atoms with E-state index in [0.29, 0.717) is 43.5 Å². The lowest BCUT2D eigenvalue weighted by atomic mass is 10.1. The number of carbonyl (C=O) groups is 1. The van der Waals surface area contributed by atoms with E-state index >= 15 is 0 Å². The molecule has 4 rings (SSSR count). The summed E-state index contributed by atoms with van der Waals surface area (Å²) >= 11 is 5.56. The zero-order valence-electron chi connectivity index (χ0n) is 17.9. The van der Waals surface area contributed by atoms with E-state index in [-0.39, 0.29) is 23.9 Å². The van der Waals surface area contributed by atoms with Crippen LogP contribution in [0.3, 0.4) is 0 Å². The van der Waals surface area contributed by atoms with Crippen molar-refractivity contribution in [2.45, 2.75) is 25.0 Å². The number of ether oxygens (including phenoxy) is 2. The monoisotopic (exact) mass is 457 g/mol. The Morgan fingerprint density at radius 2 is 1.78 bits per heavy atom. The van der Waals surface area contributed by atoms with Gasteiger partial charge in [-0.2, -0.15) is 0 Å². The van der Waals surface area contributed by atoms with Crippen molar-refractivity contribution < 1.29 is 18.7 Å². The van der Waals surface area contributed by atoms with E-state index in [1.165, 1.54) is 12.1 Å². The van der Waals surface area contributed by atoms with E-state index in [0.717, 1.165) is 25.1 Å². The molecule has 2 fully saturated rings. The zero-order chi connectivity index (χ0) is 22.3. The van der Waals surface area contributed by atoms with Crippen LogP contribution in [0.25, 0.3) is 0 Å². The van der Waals surface area contributed by atoms with E-state index in [1.807, 2.05) is 40.1 Å². The van der Waals surface area contributed by atoms with Crippen molar-refractivity contribution in [3.63, 3.8) is 0 Å². The van der Waals surface area contributed by atoms with Gasteiger partial charge < -0.3 is 24.6 Å². The average Bonchev–Trinajstić information content (AvgIpc) is 3.33. The van der Waals surface area contributed by atoms with Gasteiger partial charge in [0.05, 0.1) is 18.8 Å². The first-order valence-electron chi connectivity index (χ1n) is 11.0. The lowest BCUT2D eigenvalue weighted by molar-refractivity contribution is -0.0264. The van der Waals surface area contributed by atoms with Gasteiger partial charge in [0.2, 0.25) is 0 Å². The molecular weight excluding hydrogens is 429 g/mol. The summed E-state index contributed by atoms with van der Waals surface area (Å²) in [7, 11) is 0. The molecule has 0 radical (unpaired) electrons. The number of nitrogens with zero attached hydrogens (tertiary/aromatic N) is 2. The van der Waals surface area contributed by atoms with Gasteiger partial charge in [-0.1, -0.05) is 18.2 Å². The smallest absolute Gasteiger partial charge is 0.254 e. The number of hydrogen-bond donors (Lipinski definition) is 1. The highest BCUT2D eigenvalue weighted by molar-refractivity contribution is 7.80. The van der Waals surface area contributed by atoms with Crippen molar-refractivity contribution in [2.24, 2.45) is 0 Å². The van der Waals surface area contributed by atoms with Gasteiger partial charge in [0.25, 0.3) is 5.91 Å². The van der Waals surface area contributed by atoms with Crippen LogP contribution >= 0.6 is 12.2 Å². The third-order valence-corrected chi connectivity index (χ3v) is 6.06. The van der Waals surface area contributed by atoms with Crippen molar-refractivity contribution >= 4 is 28.9 Å².